The number of hydrogen-bond donors (Lipinski definition) is 2. The average Bonchev–Trinajstić information content (AvgIpc) is 2.38. The molecule has 3 N–H and O–H groups in total. The van der Waals surface area contributed by atoms with Gasteiger partial charge in [0.25, 0.3) is 0 Å². The second-order valence-corrected chi connectivity index (χ2v) is 4.69. The molecule has 0 unspecified atom stereocenters. The van der Waals surface area contributed by atoms with E-state index in [0.717, 1.165) is 49.8 Å². The number of likely N-dealkylation sites (N-methyl/N-ethyl adjacent to an activating group) is 1. The van der Waals surface area contributed by atoms with Gasteiger partial charge in [0.2, 0.25) is 0 Å². The molecule has 0 amide bonds. The normalized spacial score (nSPS) is 16.9. The zero-order chi connectivity index (χ0) is 13.1. The minimum atomic E-state index is 0.106. The molecule has 1 saturated heterocycles. The van der Waals surface area contributed by atoms with Gasteiger partial charge in [0, 0.05) is 37.4 Å². The molecule has 5 nitrogen and oxygen atoms in total. The predicted octanol–water partition coefficient (Wildman–Crippen LogP) is 0.816. The van der Waals surface area contributed by atoms with Gasteiger partial charge >= 0.3 is 0 Å². The molecule has 0 atom stereocenters. The van der Waals surface area contributed by atoms with Crippen molar-refractivity contribution >= 4 is 11.7 Å². The first-order valence-electron chi connectivity index (χ1n) is 6.40. The minimum absolute atomic E-state index is 0.106. The van der Waals surface area contributed by atoms with Crippen molar-refractivity contribution in [1.82, 2.24) is 9.88 Å². The average molecular weight is 247 g/mol. The summed E-state index contributed by atoms with van der Waals surface area (Å²) in [7, 11) is 0. The van der Waals surface area contributed by atoms with Crippen molar-refractivity contribution < 1.29 is 0 Å². The van der Waals surface area contributed by atoms with Crippen LogP contribution < -0.4 is 10.6 Å². The number of aromatic nitrogens is 1. The van der Waals surface area contributed by atoms with Crippen LogP contribution in [0.15, 0.2) is 12.1 Å². The van der Waals surface area contributed by atoms with E-state index in [1.54, 1.807) is 0 Å². The maximum absolute atomic E-state index is 7.53. The van der Waals surface area contributed by atoms with Crippen LogP contribution in [-0.2, 0) is 0 Å². The van der Waals surface area contributed by atoms with Crippen LogP contribution in [0.5, 0.6) is 0 Å². The van der Waals surface area contributed by atoms with Gasteiger partial charge in [-0.3, -0.25) is 5.41 Å². The van der Waals surface area contributed by atoms with Crippen LogP contribution >= 0.6 is 0 Å². The lowest BCUT2D eigenvalue weighted by Gasteiger charge is -2.35. The van der Waals surface area contributed by atoms with Crippen molar-refractivity contribution in [2.75, 3.05) is 37.6 Å². The molecular formula is C13H21N5. The number of nitrogens with one attached hydrogen (secondary N) is 1. The van der Waals surface area contributed by atoms with Crippen LogP contribution in [0.25, 0.3) is 0 Å². The molecule has 2 rings (SSSR count). The van der Waals surface area contributed by atoms with E-state index in [9.17, 15) is 0 Å². The van der Waals surface area contributed by atoms with Gasteiger partial charge in [0.15, 0.2) is 0 Å². The monoisotopic (exact) mass is 247 g/mol. The van der Waals surface area contributed by atoms with Gasteiger partial charge in [-0.2, -0.15) is 0 Å². The molecule has 2 heterocycles. The van der Waals surface area contributed by atoms with E-state index in [4.69, 9.17) is 11.1 Å². The first-order valence-corrected chi connectivity index (χ1v) is 6.40. The molecule has 1 aliphatic rings. The molecule has 1 aromatic heterocycles. The number of amidine groups is 1. The summed E-state index contributed by atoms with van der Waals surface area (Å²) >= 11 is 0. The zero-order valence-corrected chi connectivity index (χ0v) is 11.1. The summed E-state index contributed by atoms with van der Waals surface area (Å²) in [6.07, 6.45) is 0. The lowest BCUT2D eigenvalue weighted by atomic mass is 10.2. The summed E-state index contributed by atoms with van der Waals surface area (Å²) in [6.45, 7) is 9.35. The predicted molar refractivity (Wildman–Crippen MR) is 74.3 cm³/mol. The molecular weight excluding hydrogens is 226 g/mol. The van der Waals surface area contributed by atoms with E-state index in [-0.39, 0.29) is 5.84 Å². The molecule has 0 saturated carbocycles. The number of rotatable bonds is 3. The third-order valence-corrected chi connectivity index (χ3v) is 3.39. The highest BCUT2D eigenvalue weighted by Gasteiger charge is 2.17. The molecule has 0 aromatic carbocycles. The highest BCUT2D eigenvalue weighted by atomic mass is 15.3. The Balaban J connectivity index is 2.16. The molecule has 5 heteroatoms. The zero-order valence-electron chi connectivity index (χ0n) is 11.1. The van der Waals surface area contributed by atoms with E-state index >= 15 is 0 Å². The second kappa shape index (κ2) is 5.35. The summed E-state index contributed by atoms with van der Waals surface area (Å²) < 4.78 is 0. The summed E-state index contributed by atoms with van der Waals surface area (Å²) in [4.78, 5) is 9.24. The fraction of sp³-hybridized carbons (Fsp3) is 0.538. The lowest BCUT2D eigenvalue weighted by molar-refractivity contribution is 0.270. The van der Waals surface area contributed by atoms with Gasteiger partial charge in [-0.15, -0.1) is 0 Å². The van der Waals surface area contributed by atoms with Crippen LogP contribution in [0.3, 0.4) is 0 Å². The summed E-state index contributed by atoms with van der Waals surface area (Å²) in [6, 6.07) is 3.77. The first kappa shape index (κ1) is 12.8. The Hall–Kier alpha value is -1.62. The summed E-state index contributed by atoms with van der Waals surface area (Å²) in [5, 5.41) is 7.53. The number of pyridine rings is 1. The van der Waals surface area contributed by atoms with Gasteiger partial charge in [-0.05, 0) is 25.6 Å². The fourth-order valence-corrected chi connectivity index (χ4v) is 2.26. The molecule has 0 radical (unpaired) electrons. The summed E-state index contributed by atoms with van der Waals surface area (Å²) in [5.41, 5.74) is 7.23. The van der Waals surface area contributed by atoms with Gasteiger partial charge in [-0.1, -0.05) is 6.92 Å². The maximum atomic E-state index is 7.53. The van der Waals surface area contributed by atoms with Crippen LogP contribution in [-0.4, -0.2) is 48.4 Å². The van der Waals surface area contributed by atoms with E-state index < -0.39 is 0 Å². The van der Waals surface area contributed by atoms with Gasteiger partial charge in [0.1, 0.15) is 11.7 Å². The standard InChI is InChI=1S/C13H21N5/c1-3-17-4-6-18(7-5-17)12-9-11(13(14)15)8-10(2)16-12/h8-9H,3-7H2,1-2H3,(H3,14,15). The Morgan fingerprint density at radius 1 is 1.33 bits per heavy atom. The third kappa shape index (κ3) is 2.79. The van der Waals surface area contributed by atoms with Crippen LogP contribution in [0.4, 0.5) is 5.82 Å². The van der Waals surface area contributed by atoms with Gasteiger partial charge < -0.3 is 15.5 Å². The van der Waals surface area contributed by atoms with Crippen LogP contribution in [0, 0.1) is 12.3 Å². The lowest BCUT2D eigenvalue weighted by Crippen LogP contribution is -2.46. The number of nitrogens with zero attached hydrogens (tertiary/aromatic N) is 3. The van der Waals surface area contributed by atoms with Gasteiger partial charge in [0.05, 0.1) is 0 Å². The number of aryl methyl sites for hydroxylation is 1. The number of anilines is 1. The van der Waals surface area contributed by atoms with E-state index in [1.807, 2.05) is 19.1 Å². The summed E-state index contributed by atoms with van der Waals surface area (Å²) in [5.74, 6) is 1.05. The topological polar surface area (TPSA) is 69.2 Å². The minimum Gasteiger partial charge on any atom is -0.384 e. The Labute approximate surface area is 108 Å². The van der Waals surface area contributed by atoms with E-state index in [2.05, 4.69) is 21.7 Å². The highest BCUT2D eigenvalue weighted by Crippen LogP contribution is 2.16. The maximum Gasteiger partial charge on any atom is 0.129 e. The molecule has 18 heavy (non-hydrogen) atoms. The third-order valence-electron chi connectivity index (χ3n) is 3.39. The van der Waals surface area contributed by atoms with Crippen molar-refractivity contribution in [2.45, 2.75) is 13.8 Å². The second-order valence-electron chi connectivity index (χ2n) is 4.69. The number of hydrogen-bond acceptors (Lipinski definition) is 4. The highest BCUT2D eigenvalue weighted by molar-refractivity contribution is 5.95. The number of piperazine rings is 1. The molecule has 1 fully saturated rings. The van der Waals surface area contributed by atoms with Crippen molar-refractivity contribution in [2.24, 2.45) is 5.73 Å². The smallest absolute Gasteiger partial charge is 0.129 e. The van der Waals surface area contributed by atoms with E-state index in [1.165, 1.54) is 0 Å². The Morgan fingerprint density at radius 2 is 2.00 bits per heavy atom. The van der Waals surface area contributed by atoms with Crippen molar-refractivity contribution in [3.05, 3.63) is 23.4 Å². The van der Waals surface area contributed by atoms with Crippen LogP contribution in [0.2, 0.25) is 0 Å². The molecule has 0 bridgehead atoms. The van der Waals surface area contributed by atoms with Gasteiger partial charge in [-0.25, -0.2) is 4.98 Å². The van der Waals surface area contributed by atoms with Crippen LogP contribution in [0.1, 0.15) is 18.2 Å². The van der Waals surface area contributed by atoms with Crippen molar-refractivity contribution in [3.63, 3.8) is 0 Å². The molecule has 1 aromatic rings. The van der Waals surface area contributed by atoms with E-state index in [0.29, 0.717) is 0 Å². The largest absolute Gasteiger partial charge is 0.384 e. The number of nitrogen functional groups attached to an aromatic ring is 1. The molecule has 0 aliphatic carbocycles. The molecule has 1 aliphatic heterocycles. The Bertz CT molecular complexity index is 435. The van der Waals surface area contributed by atoms with Crippen molar-refractivity contribution in [3.8, 4) is 0 Å². The first-order chi connectivity index (χ1) is 8.60. The Morgan fingerprint density at radius 3 is 2.56 bits per heavy atom. The molecule has 0 spiro atoms. The Kier molecular flexibility index (Phi) is 3.81. The molecule has 98 valence electrons. The quantitative estimate of drug-likeness (QED) is 0.613. The van der Waals surface area contributed by atoms with Crippen molar-refractivity contribution in [1.29, 1.82) is 5.41 Å². The SMILES string of the molecule is CCN1CCN(c2cc(C(=N)N)cc(C)n2)CC1. The number of nitrogens with two attached hydrogens (primary N) is 1. The fourth-order valence-electron chi connectivity index (χ4n) is 2.26.